The highest BCUT2D eigenvalue weighted by atomic mass is 16.3. The Bertz CT molecular complexity index is 917. The number of hydrogen-bond donors (Lipinski definition) is 3. The summed E-state index contributed by atoms with van der Waals surface area (Å²) in [6.45, 7) is 0.845. The fraction of sp³-hybridized carbons (Fsp3) is 0.235. The lowest BCUT2D eigenvalue weighted by molar-refractivity contribution is 0.0733. The van der Waals surface area contributed by atoms with Crippen LogP contribution in [0.15, 0.2) is 36.7 Å². The van der Waals surface area contributed by atoms with E-state index in [0.717, 1.165) is 11.3 Å². The molecule has 2 aromatic heterocycles. The lowest BCUT2D eigenvalue weighted by atomic mass is 10.0. The number of aromatic nitrogens is 4. The van der Waals surface area contributed by atoms with Crippen LogP contribution >= 0.6 is 0 Å². The molecule has 1 aliphatic rings. The number of aromatic amines is 1. The van der Waals surface area contributed by atoms with Crippen LogP contribution in [0.1, 0.15) is 27.3 Å². The van der Waals surface area contributed by atoms with E-state index in [4.69, 9.17) is 0 Å². The number of nitrogens with zero attached hydrogens (tertiary/aromatic N) is 4. The summed E-state index contributed by atoms with van der Waals surface area (Å²) < 4.78 is 1.55. The molecule has 0 saturated heterocycles. The second-order valence-electron chi connectivity index (χ2n) is 5.96. The molecule has 0 atom stereocenters. The molecule has 0 saturated carbocycles. The van der Waals surface area contributed by atoms with Gasteiger partial charge in [0.15, 0.2) is 0 Å². The van der Waals surface area contributed by atoms with Crippen LogP contribution in [0, 0.1) is 0 Å². The van der Waals surface area contributed by atoms with Gasteiger partial charge in [0.25, 0.3) is 5.91 Å². The SMILES string of the molecule is O=C(c1cnn(-c2cccc(O)c2)c1)N1CCc2[nH]nc(CO)c2C1. The molecule has 3 N–H and O–H groups in total. The van der Waals surface area contributed by atoms with Crippen LogP contribution < -0.4 is 0 Å². The number of fused-ring (bicyclic) bond motifs is 1. The highest BCUT2D eigenvalue weighted by molar-refractivity contribution is 5.94. The Morgan fingerprint density at radius 2 is 2.24 bits per heavy atom. The van der Waals surface area contributed by atoms with Gasteiger partial charge in [-0.2, -0.15) is 10.2 Å². The predicted molar refractivity (Wildman–Crippen MR) is 88.2 cm³/mol. The smallest absolute Gasteiger partial charge is 0.257 e. The number of phenols is 1. The fourth-order valence-electron chi connectivity index (χ4n) is 3.05. The van der Waals surface area contributed by atoms with E-state index in [9.17, 15) is 15.0 Å². The van der Waals surface area contributed by atoms with Gasteiger partial charge in [0.2, 0.25) is 0 Å². The number of phenolic OH excluding ortho intramolecular Hbond substituents is 1. The summed E-state index contributed by atoms with van der Waals surface area (Å²) in [5.74, 6) is 0.0167. The highest BCUT2D eigenvalue weighted by Gasteiger charge is 2.26. The van der Waals surface area contributed by atoms with E-state index in [1.54, 1.807) is 40.0 Å². The van der Waals surface area contributed by atoms with Crippen molar-refractivity contribution in [2.24, 2.45) is 0 Å². The zero-order valence-corrected chi connectivity index (χ0v) is 13.4. The standard InChI is InChI=1S/C17H17N5O3/c23-10-16-14-9-21(5-4-15(14)19-20-16)17(25)11-7-18-22(8-11)12-2-1-3-13(24)6-12/h1-3,6-8,23-24H,4-5,9-10H2,(H,19,20). The van der Waals surface area contributed by atoms with Crippen LogP contribution in [0.25, 0.3) is 5.69 Å². The van der Waals surface area contributed by atoms with E-state index in [1.165, 1.54) is 6.20 Å². The molecule has 4 rings (SSSR count). The van der Waals surface area contributed by atoms with Crippen LogP contribution in [0.3, 0.4) is 0 Å². The molecule has 25 heavy (non-hydrogen) atoms. The van der Waals surface area contributed by atoms with Gasteiger partial charge in [0, 0.05) is 43.0 Å². The fourth-order valence-corrected chi connectivity index (χ4v) is 3.05. The third-order valence-corrected chi connectivity index (χ3v) is 4.38. The largest absolute Gasteiger partial charge is 0.508 e. The Morgan fingerprint density at radius 1 is 1.36 bits per heavy atom. The predicted octanol–water partition coefficient (Wildman–Crippen LogP) is 0.992. The van der Waals surface area contributed by atoms with Gasteiger partial charge in [-0.3, -0.25) is 9.89 Å². The number of aliphatic hydroxyl groups excluding tert-OH is 1. The van der Waals surface area contributed by atoms with Gasteiger partial charge in [0.05, 0.1) is 29.7 Å². The first-order valence-corrected chi connectivity index (χ1v) is 7.95. The molecule has 0 bridgehead atoms. The third-order valence-electron chi connectivity index (χ3n) is 4.38. The second-order valence-corrected chi connectivity index (χ2v) is 5.96. The molecule has 1 aromatic carbocycles. The molecule has 8 nitrogen and oxygen atoms in total. The maximum Gasteiger partial charge on any atom is 0.257 e. The maximum absolute atomic E-state index is 12.8. The maximum atomic E-state index is 12.8. The Balaban J connectivity index is 1.56. The summed E-state index contributed by atoms with van der Waals surface area (Å²) in [4.78, 5) is 14.5. The first-order valence-electron chi connectivity index (χ1n) is 7.95. The number of aromatic hydroxyl groups is 1. The number of aliphatic hydroxyl groups is 1. The van der Waals surface area contributed by atoms with E-state index in [0.29, 0.717) is 36.5 Å². The van der Waals surface area contributed by atoms with Gasteiger partial charge in [-0.1, -0.05) is 6.07 Å². The van der Waals surface area contributed by atoms with Gasteiger partial charge in [-0.25, -0.2) is 4.68 Å². The van der Waals surface area contributed by atoms with Gasteiger partial charge >= 0.3 is 0 Å². The average Bonchev–Trinajstić information content (AvgIpc) is 3.27. The van der Waals surface area contributed by atoms with Crippen molar-refractivity contribution in [3.05, 3.63) is 59.2 Å². The van der Waals surface area contributed by atoms with Crippen LogP contribution in [0.2, 0.25) is 0 Å². The quantitative estimate of drug-likeness (QED) is 0.660. The third kappa shape index (κ3) is 2.76. The minimum absolute atomic E-state index is 0.123. The lowest BCUT2D eigenvalue weighted by Crippen LogP contribution is -2.36. The molecule has 1 amide bonds. The van der Waals surface area contributed by atoms with Crippen molar-refractivity contribution in [2.45, 2.75) is 19.6 Å². The van der Waals surface area contributed by atoms with Crippen molar-refractivity contribution in [3.63, 3.8) is 0 Å². The lowest BCUT2D eigenvalue weighted by Gasteiger charge is -2.26. The van der Waals surface area contributed by atoms with E-state index in [1.807, 2.05) is 0 Å². The van der Waals surface area contributed by atoms with Gasteiger partial charge in [-0.15, -0.1) is 0 Å². The van der Waals surface area contributed by atoms with Gasteiger partial charge in [-0.05, 0) is 12.1 Å². The highest BCUT2D eigenvalue weighted by Crippen LogP contribution is 2.22. The van der Waals surface area contributed by atoms with E-state index < -0.39 is 0 Å². The number of carbonyl (C=O) groups is 1. The molecule has 0 spiro atoms. The van der Waals surface area contributed by atoms with Crippen molar-refractivity contribution in [1.82, 2.24) is 24.9 Å². The van der Waals surface area contributed by atoms with Gasteiger partial charge < -0.3 is 15.1 Å². The molecule has 3 heterocycles. The summed E-state index contributed by atoms with van der Waals surface area (Å²) in [5, 5.41) is 30.1. The second kappa shape index (κ2) is 6.06. The van der Waals surface area contributed by atoms with Gasteiger partial charge in [0.1, 0.15) is 5.75 Å². The molecular formula is C17H17N5O3. The minimum atomic E-state index is -0.150. The Morgan fingerprint density at radius 3 is 3.04 bits per heavy atom. The summed E-state index contributed by atoms with van der Waals surface area (Å²) in [7, 11) is 0. The summed E-state index contributed by atoms with van der Waals surface area (Å²) >= 11 is 0. The van der Waals surface area contributed by atoms with Crippen LogP contribution in [0.5, 0.6) is 5.75 Å². The number of hydrogen-bond acceptors (Lipinski definition) is 5. The molecule has 0 fully saturated rings. The first-order chi connectivity index (χ1) is 12.2. The van der Waals surface area contributed by atoms with Crippen molar-refractivity contribution in [3.8, 4) is 11.4 Å². The summed E-state index contributed by atoms with van der Waals surface area (Å²) in [6.07, 6.45) is 3.84. The molecule has 8 heteroatoms. The van der Waals surface area contributed by atoms with Crippen molar-refractivity contribution in [1.29, 1.82) is 0 Å². The Hall–Kier alpha value is -3.13. The molecular weight excluding hydrogens is 322 g/mol. The number of rotatable bonds is 3. The van der Waals surface area contributed by atoms with E-state index in [2.05, 4.69) is 15.3 Å². The zero-order chi connectivity index (χ0) is 17.4. The Labute approximate surface area is 143 Å². The van der Waals surface area contributed by atoms with E-state index in [-0.39, 0.29) is 18.3 Å². The number of amides is 1. The molecule has 128 valence electrons. The monoisotopic (exact) mass is 339 g/mol. The van der Waals surface area contributed by atoms with Crippen LogP contribution in [-0.2, 0) is 19.6 Å². The molecule has 1 aliphatic heterocycles. The van der Waals surface area contributed by atoms with E-state index >= 15 is 0 Å². The average molecular weight is 339 g/mol. The molecule has 0 radical (unpaired) electrons. The zero-order valence-electron chi connectivity index (χ0n) is 13.4. The number of nitrogens with one attached hydrogen (secondary N) is 1. The molecule has 0 unspecified atom stereocenters. The first kappa shape index (κ1) is 15.4. The number of carbonyl (C=O) groups excluding carboxylic acids is 1. The van der Waals surface area contributed by atoms with Crippen molar-refractivity contribution in [2.75, 3.05) is 6.54 Å². The number of benzene rings is 1. The minimum Gasteiger partial charge on any atom is -0.508 e. The Kier molecular flexibility index (Phi) is 3.73. The summed E-state index contributed by atoms with van der Waals surface area (Å²) in [6, 6.07) is 6.67. The van der Waals surface area contributed by atoms with Crippen molar-refractivity contribution >= 4 is 5.91 Å². The van der Waals surface area contributed by atoms with Crippen molar-refractivity contribution < 1.29 is 15.0 Å². The normalized spacial score (nSPS) is 13.7. The topological polar surface area (TPSA) is 107 Å². The van der Waals surface area contributed by atoms with Crippen LogP contribution in [0.4, 0.5) is 0 Å². The molecule has 0 aliphatic carbocycles. The molecule has 3 aromatic rings. The van der Waals surface area contributed by atoms with Crippen LogP contribution in [-0.4, -0.2) is 47.5 Å². The summed E-state index contributed by atoms with van der Waals surface area (Å²) in [5.41, 5.74) is 3.60. The number of H-pyrrole nitrogens is 1.